The Balaban J connectivity index is 1.89. The first kappa shape index (κ1) is 13.3. The van der Waals surface area contributed by atoms with E-state index in [1.807, 2.05) is 0 Å². The van der Waals surface area contributed by atoms with Crippen molar-refractivity contribution in [1.82, 2.24) is 9.88 Å². The number of hydrogen-bond donors (Lipinski definition) is 0. The molecule has 100 valence electrons. The van der Waals surface area contributed by atoms with Crippen molar-refractivity contribution in [3.8, 4) is 0 Å². The van der Waals surface area contributed by atoms with Crippen molar-refractivity contribution in [1.29, 1.82) is 0 Å². The molecule has 0 bridgehead atoms. The Bertz CT molecular complexity index is 387. The van der Waals surface area contributed by atoms with Gasteiger partial charge in [0, 0.05) is 19.0 Å². The number of aldehydes is 1. The smallest absolute Gasteiger partial charge is 0.194 e. The molecule has 0 spiro atoms. The summed E-state index contributed by atoms with van der Waals surface area (Å²) in [7, 11) is 0. The van der Waals surface area contributed by atoms with Crippen LogP contribution in [-0.4, -0.2) is 35.3 Å². The Morgan fingerprint density at radius 2 is 2.44 bits per heavy atom. The van der Waals surface area contributed by atoms with E-state index in [0.29, 0.717) is 24.1 Å². The van der Waals surface area contributed by atoms with Crippen LogP contribution in [0.5, 0.6) is 0 Å². The zero-order valence-electron chi connectivity index (χ0n) is 11.3. The predicted octanol–water partition coefficient (Wildman–Crippen LogP) is 2.08. The number of hydrogen-bond acceptors (Lipinski definition) is 4. The summed E-state index contributed by atoms with van der Waals surface area (Å²) in [5.74, 6) is 2.09. The monoisotopic (exact) mass is 250 g/mol. The number of rotatable bonds is 5. The van der Waals surface area contributed by atoms with Crippen LogP contribution in [0.3, 0.4) is 0 Å². The summed E-state index contributed by atoms with van der Waals surface area (Å²) in [5, 5.41) is 0. The quantitative estimate of drug-likeness (QED) is 0.751. The summed E-state index contributed by atoms with van der Waals surface area (Å²) in [6.45, 7) is 6.82. The molecule has 2 heterocycles. The number of aromatic nitrogens is 1. The van der Waals surface area contributed by atoms with Gasteiger partial charge in [0.15, 0.2) is 5.89 Å². The second-order valence-electron chi connectivity index (χ2n) is 5.39. The second-order valence-corrected chi connectivity index (χ2v) is 5.39. The summed E-state index contributed by atoms with van der Waals surface area (Å²) >= 11 is 0. The predicted molar refractivity (Wildman–Crippen MR) is 69.4 cm³/mol. The van der Waals surface area contributed by atoms with Crippen molar-refractivity contribution in [2.24, 2.45) is 5.92 Å². The van der Waals surface area contributed by atoms with Gasteiger partial charge in [0.05, 0.1) is 12.6 Å². The fourth-order valence-corrected chi connectivity index (χ4v) is 2.60. The SMILES string of the molecule is CC(C)N1CCCC(Cc2ncc(CC=O)o2)C1. The largest absolute Gasteiger partial charge is 0.445 e. The molecule has 2 rings (SSSR count). The van der Waals surface area contributed by atoms with Crippen LogP contribution in [0.2, 0.25) is 0 Å². The maximum absolute atomic E-state index is 10.4. The van der Waals surface area contributed by atoms with Crippen molar-refractivity contribution in [2.75, 3.05) is 13.1 Å². The molecule has 0 N–H and O–H groups in total. The van der Waals surface area contributed by atoms with Gasteiger partial charge in [0.1, 0.15) is 12.0 Å². The molecule has 1 aromatic rings. The highest BCUT2D eigenvalue weighted by atomic mass is 16.4. The summed E-state index contributed by atoms with van der Waals surface area (Å²) in [6, 6.07) is 0.614. The van der Waals surface area contributed by atoms with Crippen LogP contribution in [-0.2, 0) is 17.6 Å². The first-order valence-electron chi connectivity index (χ1n) is 6.80. The molecule has 1 aliphatic heterocycles. The maximum Gasteiger partial charge on any atom is 0.194 e. The Morgan fingerprint density at radius 3 is 3.17 bits per heavy atom. The van der Waals surface area contributed by atoms with E-state index in [2.05, 4.69) is 23.7 Å². The fraction of sp³-hybridized carbons (Fsp3) is 0.714. The fourth-order valence-electron chi connectivity index (χ4n) is 2.60. The van der Waals surface area contributed by atoms with E-state index in [0.717, 1.165) is 25.1 Å². The van der Waals surface area contributed by atoms with Gasteiger partial charge in [-0.15, -0.1) is 0 Å². The molecule has 4 heteroatoms. The number of oxazole rings is 1. The van der Waals surface area contributed by atoms with E-state index in [4.69, 9.17) is 4.42 Å². The molecule has 0 radical (unpaired) electrons. The standard InChI is InChI=1S/C14H22N2O2/c1-11(2)16-6-3-4-12(10-16)8-14-15-9-13(18-14)5-7-17/h7,9,11-12H,3-6,8,10H2,1-2H3. The molecule has 1 unspecified atom stereocenters. The molecule has 1 saturated heterocycles. The molecule has 1 aliphatic rings. The number of nitrogens with zero attached hydrogens (tertiary/aromatic N) is 2. The van der Waals surface area contributed by atoms with Gasteiger partial charge in [-0.25, -0.2) is 4.98 Å². The summed E-state index contributed by atoms with van der Waals surface area (Å²) in [4.78, 5) is 17.2. The van der Waals surface area contributed by atoms with Gasteiger partial charge >= 0.3 is 0 Å². The molecule has 0 aliphatic carbocycles. The van der Waals surface area contributed by atoms with Crippen LogP contribution < -0.4 is 0 Å². The minimum absolute atomic E-state index is 0.329. The van der Waals surface area contributed by atoms with Crippen molar-refractivity contribution in [3.05, 3.63) is 17.8 Å². The van der Waals surface area contributed by atoms with E-state index in [1.165, 1.54) is 19.4 Å². The van der Waals surface area contributed by atoms with Crippen LogP contribution in [0.15, 0.2) is 10.6 Å². The molecule has 0 aromatic carbocycles. The molecule has 4 nitrogen and oxygen atoms in total. The van der Waals surface area contributed by atoms with E-state index in [-0.39, 0.29) is 0 Å². The number of carbonyl (C=O) groups excluding carboxylic acids is 1. The second kappa shape index (κ2) is 6.14. The van der Waals surface area contributed by atoms with E-state index in [1.54, 1.807) is 6.20 Å². The lowest BCUT2D eigenvalue weighted by Gasteiger charge is -2.35. The minimum Gasteiger partial charge on any atom is -0.445 e. The molecule has 1 atom stereocenters. The summed E-state index contributed by atoms with van der Waals surface area (Å²) in [5.41, 5.74) is 0. The number of piperidine rings is 1. The lowest BCUT2D eigenvalue weighted by molar-refractivity contribution is -0.107. The van der Waals surface area contributed by atoms with E-state index >= 15 is 0 Å². The van der Waals surface area contributed by atoms with Crippen molar-refractivity contribution in [3.63, 3.8) is 0 Å². The molecule has 1 fully saturated rings. The first-order chi connectivity index (χ1) is 8.69. The first-order valence-corrected chi connectivity index (χ1v) is 6.80. The topological polar surface area (TPSA) is 46.3 Å². The Hall–Kier alpha value is -1.16. The highest BCUT2D eigenvalue weighted by Crippen LogP contribution is 2.22. The third kappa shape index (κ3) is 3.42. The molecule has 18 heavy (non-hydrogen) atoms. The van der Waals surface area contributed by atoms with Gasteiger partial charge in [0.25, 0.3) is 0 Å². The molecule has 1 aromatic heterocycles. The highest BCUT2D eigenvalue weighted by molar-refractivity contribution is 5.52. The Morgan fingerprint density at radius 1 is 1.61 bits per heavy atom. The molecule has 0 amide bonds. The third-order valence-corrected chi connectivity index (χ3v) is 3.63. The van der Waals surface area contributed by atoms with E-state index in [9.17, 15) is 4.79 Å². The average Bonchev–Trinajstić information content (AvgIpc) is 2.77. The van der Waals surface area contributed by atoms with Gasteiger partial charge < -0.3 is 14.1 Å². The van der Waals surface area contributed by atoms with Gasteiger partial charge in [-0.1, -0.05) is 0 Å². The van der Waals surface area contributed by atoms with Gasteiger partial charge in [-0.05, 0) is 39.2 Å². The third-order valence-electron chi connectivity index (χ3n) is 3.63. The average molecular weight is 250 g/mol. The zero-order chi connectivity index (χ0) is 13.0. The van der Waals surface area contributed by atoms with Crippen LogP contribution in [0.1, 0.15) is 38.3 Å². The number of likely N-dealkylation sites (tertiary alicyclic amines) is 1. The summed E-state index contributed by atoms with van der Waals surface area (Å²) < 4.78 is 5.56. The minimum atomic E-state index is 0.329. The van der Waals surface area contributed by atoms with Gasteiger partial charge in [-0.3, -0.25) is 0 Å². The highest BCUT2D eigenvalue weighted by Gasteiger charge is 2.23. The van der Waals surface area contributed by atoms with Crippen LogP contribution in [0, 0.1) is 5.92 Å². The Kier molecular flexibility index (Phi) is 4.53. The zero-order valence-corrected chi connectivity index (χ0v) is 11.3. The van der Waals surface area contributed by atoms with Crippen LogP contribution in [0.25, 0.3) is 0 Å². The lowest BCUT2D eigenvalue weighted by Crippen LogP contribution is -2.40. The van der Waals surface area contributed by atoms with Gasteiger partial charge in [-0.2, -0.15) is 0 Å². The molecule has 0 saturated carbocycles. The normalized spacial score (nSPS) is 21.4. The van der Waals surface area contributed by atoms with Gasteiger partial charge in [0.2, 0.25) is 0 Å². The Labute approximate surface area is 108 Å². The molecular formula is C14H22N2O2. The van der Waals surface area contributed by atoms with Crippen LogP contribution >= 0.6 is 0 Å². The van der Waals surface area contributed by atoms with Crippen molar-refractivity contribution < 1.29 is 9.21 Å². The maximum atomic E-state index is 10.4. The van der Waals surface area contributed by atoms with Crippen molar-refractivity contribution >= 4 is 6.29 Å². The van der Waals surface area contributed by atoms with Crippen LogP contribution in [0.4, 0.5) is 0 Å². The molecular weight excluding hydrogens is 228 g/mol. The summed E-state index contributed by atoms with van der Waals surface area (Å²) in [6.07, 6.45) is 6.25. The van der Waals surface area contributed by atoms with Crippen molar-refractivity contribution in [2.45, 2.75) is 45.6 Å². The lowest BCUT2D eigenvalue weighted by atomic mass is 9.94. The van der Waals surface area contributed by atoms with E-state index < -0.39 is 0 Å². The number of carbonyl (C=O) groups is 1.